The number of likely N-dealkylation sites (N-methyl/N-ethyl adjacent to an activating group) is 1. The van der Waals surface area contributed by atoms with Crippen LogP contribution in [0.5, 0.6) is 0 Å². The van der Waals surface area contributed by atoms with Crippen molar-refractivity contribution in [1.29, 1.82) is 0 Å². The third kappa shape index (κ3) is 3.47. The Labute approximate surface area is 140 Å². The summed E-state index contributed by atoms with van der Waals surface area (Å²) in [6.07, 6.45) is 0. The van der Waals surface area contributed by atoms with Gasteiger partial charge in [-0.15, -0.1) is 0 Å². The maximum Gasteiger partial charge on any atom is 0.325 e. The molecule has 2 N–H and O–H groups in total. The Morgan fingerprint density at radius 2 is 2.08 bits per heavy atom. The summed E-state index contributed by atoms with van der Waals surface area (Å²) in [5.41, 5.74) is 3.30. The molecule has 130 valence electrons. The lowest BCUT2D eigenvalue weighted by atomic mass is 10.0. The number of hydrogen-bond acceptors (Lipinski definition) is 4. The second kappa shape index (κ2) is 7.11. The fourth-order valence-electron chi connectivity index (χ4n) is 2.86. The average Bonchev–Trinajstić information content (AvgIpc) is 2.75. The first-order valence-corrected chi connectivity index (χ1v) is 7.57. The summed E-state index contributed by atoms with van der Waals surface area (Å²) in [4.78, 5) is 13.4. The monoisotopic (exact) mass is 335 g/mol. The van der Waals surface area contributed by atoms with E-state index in [9.17, 15) is 19.4 Å². The van der Waals surface area contributed by atoms with Crippen molar-refractivity contribution in [3.05, 3.63) is 52.1 Å². The molecular formula is C17H22FN3O3. The molecule has 0 fully saturated rings. The highest BCUT2D eigenvalue weighted by atomic mass is 19.1. The first-order chi connectivity index (χ1) is 11.3. The van der Waals surface area contributed by atoms with E-state index >= 15 is 0 Å². The van der Waals surface area contributed by atoms with Gasteiger partial charge in [0.15, 0.2) is 0 Å². The smallest absolute Gasteiger partial charge is 0.325 e. The van der Waals surface area contributed by atoms with Crippen molar-refractivity contribution < 1.29 is 19.4 Å². The molecule has 24 heavy (non-hydrogen) atoms. The number of halogens is 1. The minimum Gasteiger partial charge on any atom is -0.480 e. The standard InChI is InChI=1S/C17H22FN3O3/c1-10-14(11(2)21(4)19-10)8-20(3)16(17(23)24)12-5-6-15(18)13(7-12)9-22/h5-7,16,22H,8-9H2,1-4H3,(H,23,24). The molecular weight excluding hydrogens is 313 g/mol. The Kier molecular flexibility index (Phi) is 5.36. The lowest BCUT2D eigenvalue weighted by Gasteiger charge is -2.25. The van der Waals surface area contributed by atoms with Crippen molar-refractivity contribution in [3.63, 3.8) is 0 Å². The van der Waals surface area contributed by atoms with Gasteiger partial charge in [0.25, 0.3) is 0 Å². The minimum atomic E-state index is -1.04. The Morgan fingerprint density at radius 3 is 2.58 bits per heavy atom. The number of benzene rings is 1. The number of aliphatic hydroxyl groups excluding tert-OH is 1. The van der Waals surface area contributed by atoms with Crippen molar-refractivity contribution in [2.75, 3.05) is 7.05 Å². The molecule has 0 aliphatic carbocycles. The van der Waals surface area contributed by atoms with E-state index in [0.29, 0.717) is 12.1 Å². The van der Waals surface area contributed by atoms with Crippen molar-refractivity contribution in [2.45, 2.75) is 33.0 Å². The van der Waals surface area contributed by atoms with Crippen LogP contribution in [0.4, 0.5) is 4.39 Å². The second-order valence-electron chi connectivity index (χ2n) is 5.94. The van der Waals surface area contributed by atoms with E-state index in [1.807, 2.05) is 20.9 Å². The van der Waals surface area contributed by atoms with Crippen LogP contribution in [-0.4, -0.2) is 37.9 Å². The summed E-state index contributed by atoms with van der Waals surface area (Å²) in [6, 6.07) is 3.07. The molecule has 6 nitrogen and oxygen atoms in total. The summed E-state index contributed by atoms with van der Waals surface area (Å²) in [5.74, 6) is -1.58. The zero-order valence-electron chi connectivity index (χ0n) is 14.2. The maximum atomic E-state index is 13.6. The van der Waals surface area contributed by atoms with E-state index in [4.69, 9.17) is 0 Å². The maximum absolute atomic E-state index is 13.6. The summed E-state index contributed by atoms with van der Waals surface area (Å²) >= 11 is 0. The zero-order valence-corrected chi connectivity index (χ0v) is 14.2. The number of aryl methyl sites for hydroxylation is 2. The predicted molar refractivity (Wildman–Crippen MR) is 86.8 cm³/mol. The van der Waals surface area contributed by atoms with Gasteiger partial charge in [0.2, 0.25) is 0 Å². The second-order valence-corrected chi connectivity index (χ2v) is 5.94. The van der Waals surface area contributed by atoms with E-state index in [2.05, 4.69) is 5.10 Å². The highest BCUT2D eigenvalue weighted by Crippen LogP contribution is 2.25. The quantitative estimate of drug-likeness (QED) is 0.843. The van der Waals surface area contributed by atoms with Crippen LogP contribution in [0.3, 0.4) is 0 Å². The van der Waals surface area contributed by atoms with Gasteiger partial charge >= 0.3 is 5.97 Å². The summed E-state index contributed by atoms with van der Waals surface area (Å²) in [7, 11) is 3.54. The van der Waals surface area contributed by atoms with Crippen molar-refractivity contribution in [3.8, 4) is 0 Å². The summed E-state index contributed by atoms with van der Waals surface area (Å²) in [5, 5.41) is 23.2. The molecule has 1 aromatic heterocycles. The lowest BCUT2D eigenvalue weighted by molar-refractivity contribution is -0.143. The number of aliphatic hydroxyl groups is 1. The molecule has 1 atom stereocenters. The van der Waals surface area contributed by atoms with Crippen LogP contribution >= 0.6 is 0 Å². The largest absolute Gasteiger partial charge is 0.480 e. The van der Waals surface area contributed by atoms with Gasteiger partial charge in [-0.05, 0) is 38.6 Å². The Bertz CT molecular complexity index is 758. The third-order valence-electron chi connectivity index (χ3n) is 4.30. The van der Waals surface area contributed by atoms with Gasteiger partial charge in [-0.2, -0.15) is 5.10 Å². The van der Waals surface area contributed by atoms with Gasteiger partial charge in [0, 0.05) is 30.4 Å². The fraction of sp³-hybridized carbons (Fsp3) is 0.412. The molecule has 1 unspecified atom stereocenters. The molecule has 0 saturated carbocycles. The number of aromatic nitrogens is 2. The van der Waals surface area contributed by atoms with Gasteiger partial charge in [-0.3, -0.25) is 14.4 Å². The Morgan fingerprint density at radius 1 is 1.42 bits per heavy atom. The van der Waals surface area contributed by atoms with E-state index in [-0.39, 0.29) is 5.56 Å². The van der Waals surface area contributed by atoms with E-state index in [0.717, 1.165) is 17.0 Å². The molecule has 2 aromatic rings. The number of carbonyl (C=O) groups is 1. The molecule has 1 aromatic carbocycles. The summed E-state index contributed by atoms with van der Waals surface area (Å²) < 4.78 is 15.3. The van der Waals surface area contributed by atoms with E-state index in [1.54, 1.807) is 16.6 Å². The van der Waals surface area contributed by atoms with Crippen LogP contribution in [0.1, 0.15) is 34.1 Å². The lowest BCUT2D eigenvalue weighted by Crippen LogP contribution is -2.31. The third-order valence-corrected chi connectivity index (χ3v) is 4.30. The van der Waals surface area contributed by atoms with Crippen LogP contribution in [0.2, 0.25) is 0 Å². The van der Waals surface area contributed by atoms with Gasteiger partial charge < -0.3 is 10.2 Å². The molecule has 0 bridgehead atoms. The number of nitrogens with zero attached hydrogens (tertiary/aromatic N) is 3. The first-order valence-electron chi connectivity index (χ1n) is 7.57. The van der Waals surface area contributed by atoms with E-state index < -0.39 is 24.4 Å². The predicted octanol–water partition coefficient (Wildman–Crippen LogP) is 1.93. The fourth-order valence-corrected chi connectivity index (χ4v) is 2.86. The van der Waals surface area contributed by atoms with E-state index in [1.165, 1.54) is 18.2 Å². The van der Waals surface area contributed by atoms with Gasteiger partial charge in [-0.25, -0.2) is 4.39 Å². The number of hydrogen-bond donors (Lipinski definition) is 2. The van der Waals surface area contributed by atoms with Crippen LogP contribution in [0, 0.1) is 19.7 Å². The number of carboxylic acids is 1. The highest BCUT2D eigenvalue weighted by Gasteiger charge is 2.27. The normalized spacial score (nSPS) is 12.6. The van der Waals surface area contributed by atoms with Crippen LogP contribution in [0.25, 0.3) is 0 Å². The van der Waals surface area contributed by atoms with Gasteiger partial charge in [0.05, 0.1) is 12.3 Å². The molecule has 0 aliphatic rings. The number of rotatable bonds is 6. The molecule has 0 spiro atoms. The minimum absolute atomic E-state index is 0.0842. The Hall–Kier alpha value is -2.25. The Balaban J connectivity index is 2.35. The molecule has 0 saturated heterocycles. The first kappa shape index (κ1) is 18.1. The zero-order chi connectivity index (χ0) is 18.0. The molecule has 7 heteroatoms. The average molecular weight is 335 g/mol. The SMILES string of the molecule is Cc1nn(C)c(C)c1CN(C)C(C(=O)O)c1ccc(F)c(CO)c1. The molecule has 1 heterocycles. The number of aliphatic carboxylic acids is 1. The van der Waals surface area contributed by atoms with Crippen molar-refractivity contribution >= 4 is 5.97 Å². The highest BCUT2D eigenvalue weighted by molar-refractivity contribution is 5.75. The van der Waals surface area contributed by atoms with Gasteiger partial charge in [0.1, 0.15) is 11.9 Å². The topological polar surface area (TPSA) is 78.6 Å². The van der Waals surface area contributed by atoms with Gasteiger partial charge in [-0.1, -0.05) is 6.07 Å². The number of carboxylic acid groups (broad SMARTS) is 1. The van der Waals surface area contributed by atoms with Crippen molar-refractivity contribution in [1.82, 2.24) is 14.7 Å². The summed E-state index contributed by atoms with van der Waals surface area (Å²) in [6.45, 7) is 3.74. The molecule has 0 radical (unpaired) electrons. The molecule has 0 amide bonds. The van der Waals surface area contributed by atoms with Crippen LogP contribution in [0.15, 0.2) is 18.2 Å². The van der Waals surface area contributed by atoms with Crippen LogP contribution in [-0.2, 0) is 25.0 Å². The van der Waals surface area contributed by atoms with Crippen molar-refractivity contribution in [2.24, 2.45) is 7.05 Å². The molecule has 0 aliphatic heterocycles. The molecule has 2 rings (SSSR count). The van der Waals surface area contributed by atoms with Crippen LogP contribution < -0.4 is 0 Å².